The summed E-state index contributed by atoms with van der Waals surface area (Å²) >= 11 is 5.55. The summed E-state index contributed by atoms with van der Waals surface area (Å²) in [5.41, 5.74) is 0.476. The molecule has 13 heteroatoms. The minimum absolute atomic E-state index is 0.00139. The number of thiazole rings is 1. The van der Waals surface area contributed by atoms with Crippen LogP contribution >= 0.6 is 22.9 Å². The van der Waals surface area contributed by atoms with Crippen LogP contribution in [0, 0.1) is 6.92 Å². The molecule has 186 valence electrons. The van der Waals surface area contributed by atoms with Crippen LogP contribution in [-0.2, 0) is 24.2 Å². The van der Waals surface area contributed by atoms with Gasteiger partial charge in [-0.2, -0.15) is 0 Å². The molecule has 1 unspecified atom stereocenters. The van der Waals surface area contributed by atoms with Crippen LogP contribution in [0.25, 0.3) is 10.4 Å². The van der Waals surface area contributed by atoms with E-state index < -0.39 is 52.5 Å². The molecule has 2 atom stereocenters. The van der Waals surface area contributed by atoms with Crippen LogP contribution in [0.5, 0.6) is 0 Å². The van der Waals surface area contributed by atoms with Gasteiger partial charge >= 0.3 is 188 Å². The summed E-state index contributed by atoms with van der Waals surface area (Å²) in [5, 5.41) is 12.5. The number of amides is 1. The number of halogens is 1. The molecule has 0 bridgehead atoms. The summed E-state index contributed by atoms with van der Waals surface area (Å²) in [7, 11) is -3.53. The maximum atomic E-state index is 12.4. The van der Waals surface area contributed by atoms with Crippen LogP contribution in [0.4, 0.5) is 9.93 Å². The molecule has 0 fully saturated rings. The Morgan fingerprint density at radius 1 is 1.29 bits per heavy atom. The van der Waals surface area contributed by atoms with Crippen LogP contribution in [-0.4, -0.2) is 62.8 Å². The Kier molecular flexibility index (Phi) is 9.32. The van der Waals surface area contributed by atoms with Crippen LogP contribution in [0.1, 0.15) is 39.3 Å². The first kappa shape index (κ1) is 28.3. The average Bonchev–Trinajstić information content (AvgIpc) is 3.02. The summed E-state index contributed by atoms with van der Waals surface area (Å²) < 4.78 is 27.7. The summed E-state index contributed by atoms with van der Waals surface area (Å²) in [6.07, 6.45) is 0.974. The number of nitrogens with zero attached hydrogens (tertiary/aromatic N) is 1. The molecule has 1 aromatic carbocycles. The molecule has 0 radical (unpaired) electrons. The molecule has 1 heterocycles. The summed E-state index contributed by atoms with van der Waals surface area (Å²) in [6, 6.07) is 4.62. The van der Waals surface area contributed by atoms with Gasteiger partial charge in [-0.1, -0.05) is 11.6 Å². The third-order valence-corrected chi connectivity index (χ3v) is 9.55. The number of anilines is 1. The molecule has 0 aliphatic rings. The molecule has 1 amide bonds. The van der Waals surface area contributed by atoms with E-state index in [4.69, 9.17) is 16.3 Å². The Morgan fingerprint density at radius 3 is 2.50 bits per heavy atom. The van der Waals surface area contributed by atoms with E-state index in [0.717, 1.165) is 17.6 Å². The summed E-state index contributed by atoms with van der Waals surface area (Å²) in [6.45, 7) is 6.84. The van der Waals surface area contributed by atoms with Crippen molar-refractivity contribution in [2.45, 2.75) is 55.7 Å². The number of benzene rings is 1. The first-order chi connectivity index (χ1) is 15.6. The van der Waals surface area contributed by atoms with Gasteiger partial charge in [-0.05, 0) is 0 Å². The number of carbonyl (C=O) groups excluding carboxylic acids is 2. The van der Waals surface area contributed by atoms with Crippen molar-refractivity contribution < 1.29 is 32.6 Å². The van der Waals surface area contributed by atoms with E-state index in [1.807, 2.05) is 0 Å². The molecule has 0 aliphatic heterocycles. The Balaban J connectivity index is 2.07. The van der Waals surface area contributed by atoms with Crippen LogP contribution < -0.4 is 5.32 Å². The van der Waals surface area contributed by atoms with Gasteiger partial charge in [0.25, 0.3) is 0 Å². The van der Waals surface area contributed by atoms with E-state index in [1.54, 1.807) is 33.8 Å². The molecule has 34 heavy (non-hydrogen) atoms. The zero-order chi connectivity index (χ0) is 25.8. The molecule has 2 aromatic rings. The summed E-state index contributed by atoms with van der Waals surface area (Å²) in [4.78, 5) is 40.9. The monoisotopic (exact) mass is 592 g/mol. The van der Waals surface area contributed by atoms with Crippen molar-refractivity contribution in [1.29, 1.82) is 0 Å². The van der Waals surface area contributed by atoms with Gasteiger partial charge in [0.1, 0.15) is 0 Å². The molecule has 0 saturated heterocycles. The van der Waals surface area contributed by atoms with Gasteiger partial charge in [-0.3, -0.25) is 0 Å². The number of sulfone groups is 1. The molecule has 0 aliphatic carbocycles. The van der Waals surface area contributed by atoms with E-state index in [1.165, 1.54) is 12.1 Å². The molecule has 0 spiro atoms. The van der Waals surface area contributed by atoms with Crippen molar-refractivity contribution in [2.75, 3.05) is 11.6 Å². The van der Waals surface area contributed by atoms with Gasteiger partial charge < -0.3 is 0 Å². The quantitative estimate of drug-likeness (QED) is 0.414. The van der Waals surface area contributed by atoms with Gasteiger partial charge in [-0.25, -0.2) is 8.42 Å². The fraction of sp³-hybridized carbons (Fsp3) is 0.429. The molecule has 0 saturated carbocycles. The predicted molar refractivity (Wildman–Crippen MR) is 133 cm³/mol. The first-order valence-electron chi connectivity index (χ1n) is 10.1. The standard InChI is InChI=1S/C21H26AsClN2O7S2/c1-11-17(12-6-8-14(23)15(10-12)34(5,30)31)33-20(24-11)25-16(26)9-7-13(18(27)28)22-19(29)32-21(2,3)4/h6,8,10,13,22H,7,9H2,1-5H3,(H,27,28)(H,24,25,26)/t13-/m0/s1. The van der Waals surface area contributed by atoms with Gasteiger partial charge in [0.05, 0.1) is 0 Å². The van der Waals surface area contributed by atoms with Crippen molar-refractivity contribution in [3.63, 3.8) is 0 Å². The number of aliphatic carboxylic acids is 1. The normalized spacial score (nSPS) is 13.1. The summed E-state index contributed by atoms with van der Waals surface area (Å²) in [5.74, 6) is -1.56. The van der Waals surface area contributed by atoms with Crippen molar-refractivity contribution in [3.8, 4) is 10.4 Å². The van der Waals surface area contributed by atoms with Crippen LogP contribution in [0.2, 0.25) is 9.73 Å². The van der Waals surface area contributed by atoms with Gasteiger partial charge in [0.15, 0.2) is 0 Å². The fourth-order valence-electron chi connectivity index (χ4n) is 2.81. The van der Waals surface area contributed by atoms with Crippen LogP contribution in [0.3, 0.4) is 0 Å². The first-order valence-corrected chi connectivity index (χ1v) is 15.4. The van der Waals surface area contributed by atoms with Gasteiger partial charge in [0.2, 0.25) is 0 Å². The number of carboxylic acids is 1. The molecule has 1 aromatic heterocycles. The Bertz CT molecular complexity index is 1210. The van der Waals surface area contributed by atoms with E-state index in [9.17, 15) is 27.9 Å². The number of rotatable bonds is 9. The van der Waals surface area contributed by atoms with Crippen molar-refractivity contribution in [2.24, 2.45) is 0 Å². The topological polar surface area (TPSA) is 140 Å². The van der Waals surface area contributed by atoms with E-state index in [2.05, 4.69) is 10.3 Å². The average molecular weight is 593 g/mol. The Hall–Kier alpha value is -1.94. The number of hydrogen-bond donors (Lipinski definition) is 2. The van der Waals surface area contributed by atoms with Gasteiger partial charge in [0, 0.05) is 6.26 Å². The second kappa shape index (κ2) is 11.2. The van der Waals surface area contributed by atoms with E-state index >= 15 is 0 Å². The molecule has 9 nitrogen and oxygen atoms in total. The number of carbonyl (C=O) groups is 3. The number of carboxylic acid groups (broad SMARTS) is 1. The Morgan fingerprint density at radius 2 is 1.94 bits per heavy atom. The third kappa shape index (κ3) is 8.37. The predicted octanol–water partition coefficient (Wildman–Crippen LogP) is 4.14. The van der Waals surface area contributed by atoms with Crippen LogP contribution in [0.15, 0.2) is 23.1 Å². The number of ether oxygens (including phenoxy) is 1. The minimum atomic E-state index is -3.53. The Labute approximate surface area is 213 Å². The second-order valence-corrected chi connectivity index (χ2v) is 14.8. The zero-order valence-corrected chi connectivity index (χ0v) is 23.7. The van der Waals surface area contributed by atoms with Crippen molar-refractivity contribution in [1.82, 2.24) is 4.98 Å². The van der Waals surface area contributed by atoms with E-state index in [0.29, 0.717) is 21.3 Å². The third-order valence-electron chi connectivity index (χ3n) is 4.28. The number of aryl methyl sites for hydroxylation is 1. The molecular formula is C21H26AsClN2O7S2. The van der Waals surface area contributed by atoms with Crippen molar-refractivity contribution >= 4 is 70.3 Å². The molecular weight excluding hydrogens is 567 g/mol. The SMILES string of the molecule is Cc1nc(NC(=O)CC[C@H]([AsH]C(=O)OC(C)(C)C)C(=O)O)sc1-c1ccc(Cl)c(S(C)(=O)=O)c1. The maximum absolute atomic E-state index is 12.4. The van der Waals surface area contributed by atoms with Crippen molar-refractivity contribution in [3.05, 3.63) is 28.9 Å². The van der Waals surface area contributed by atoms with Gasteiger partial charge in [-0.15, -0.1) is 0 Å². The molecule has 2 N–H and O–H groups in total. The second-order valence-electron chi connectivity index (χ2n) is 8.47. The zero-order valence-electron chi connectivity index (χ0n) is 19.3. The number of hydrogen-bond acceptors (Lipinski definition) is 8. The fourth-order valence-corrected chi connectivity index (χ4v) is 7.32. The molecule has 2 rings (SSSR count). The number of nitrogens with one attached hydrogen (secondary N) is 1. The number of aromatic nitrogens is 1. The van der Waals surface area contributed by atoms with E-state index in [-0.39, 0.29) is 22.8 Å².